The maximum Gasteiger partial charge on any atom is 0.277 e. The summed E-state index contributed by atoms with van der Waals surface area (Å²) in [5.74, 6) is 1.27. The fraction of sp³-hybridized carbons (Fsp3) is 0.480. The Hall–Kier alpha value is -3.00. The molecule has 1 aromatic carbocycles. The molecule has 0 unspecified atom stereocenters. The minimum Gasteiger partial charge on any atom is -0.484 e. The number of rotatable bonds is 9. The number of nitrogens with one attached hydrogen (secondary N) is 1. The maximum atomic E-state index is 12.9. The van der Waals surface area contributed by atoms with E-state index in [1.54, 1.807) is 6.20 Å². The summed E-state index contributed by atoms with van der Waals surface area (Å²) in [4.78, 5) is 35.7. The molecule has 0 aliphatic carbocycles. The van der Waals surface area contributed by atoms with Gasteiger partial charge in [0.1, 0.15) is 12.3 Å². The number of hydrogen-bond donors (Lipinski definition) is 3. The van der Waals surface area contributed by atoms with E-state index in [9.17, 15) is 9.59 Å². The van der Waals surface area contributed by atoms with E-state index in [0.717, 1.165) is 36.2 Å². The number of aryl methyl sites for hydroxylation is 2. The first-order valence-electron chi connectivity index (χ1n) is 12.5. The Bertz CT molecular complexity index is 1290. The van der Waals surface area contributed by atoms with Gasteiger partial charge in [-0.25, -0.2) is 19.1 Å². The molecule has 0 atom stereocenters. The molecule has 1 saturated heterocycles. The number of alkyl halides is 1. The van der Waals surface area contributed by atoms with E-state index in [0.29, 0.717) is 35.5 Å². The van der Waals surface area contributed by atoms with Crippen molar-refractivity contribution in [2.24, 2.45) is 5.73 Å². The number of piperidine rings is 1. The highest BCUT2D eigenvalue weighted by molar-refractivity contribution is 14.1. The van der Waals surface area contributed by atoms with Crippen LogP contribution < -0.4 is 26.1 Å². The summed E-state index contributed by atoms with van der Waals surface area (Å²) >= 11 is 2.17. The third kappa shape index (κ3) is 5.95. The van der Waals surface area contributed by atoms with Crippen LogP contribution in [0.3, 0.4) is 0 Å². The Labute approximate surface area is 229 Å². The lowest BCUT2D eigenvalue weighted by Crippen LogP contribution is -2.44. The Morgan fingerprint density at radius 1 is 1.27 bits per heavy atom. The van der Waals surface area contributed by atoms with Gasteiger partial charge in [0.2, 0.25) is 0 Å². The molecule has 11 nitrogen and oxygen atoms in total. The van der Waals surface area contributed by atoms with Crippen molar-refractivity contribution in [2.45, 2.75) is 56.8 Å². The van der Waals surface area contributed by atoms with Crippen LogP contribution in [0.25, 0.3) is 11.0 Å². The Morgan fingerprint density at radius 3 is 2.70 bits per heavy atom. The van der Waals surface area contributed by atoms with Gasteiger partial charge in [-0.1, -0.05) is 22.6 Å². The van der Waals surface area contributed by atoms with Crippen molar-refractivity contribution in [1.82, 2.24) is 24.8 Å². The number of hydrogen-bond acceptors (Lipinski definition) is 7. The van der Waals surface area contributed by atoms with Crippen molar-refractivity contribution in [3.05, 3.63) is 41.6 Å². The average Bonchev–Trinajstić information content (AvgIpc) is 3.22. The van der Waals surface area contributed by atoms with Gasteiger partial charge < -0.3 is 26.4 Å². The van der Waals surface area contributed by atoms with E-state index in [4.69, 9.17) is 16.2 Å². The number of aromatic nitrogens is 4. The van der Waals surface area contributed by atoms with Gasteiger partial charge in [0, 0.05) is 29.6 Å². The largest absolute Gasteiger partial charge is 0.484 e. The number of nitrogen functional groups attached to an aromatic ring is 1. The van der Waals surface area contributed by atoms with Crippen LogP contribution in [0.4, 0.5) is 5.82 Å². The summed E-state index contributed by atoms with van der Waals surface area (Å²) in [5.41, 5.74) is 14.7. The van der Waals surface area contributed by atoms with Crippen LogP contribution in [-0.2, 0) is 28.9 Å². The van der Waals surface area contributed by atoms with Crippen LogP contribution in [0.5, 0.6) is 5.75 Å². The third-order valence-corrected chi connectivity index (χ3v) is 7.43. The van der Waals surface area contributed by atoms with Crippen LogP contribution in [0.1, 0.15) is 48.7 Å². The number of nitrogens with zero attached hydrogens (tertiary/aromatic N) is 5. The van der Waals surface area contributed by atoms with Gasteiger partial charge >= 0.3 is 0 Å². The Balaban J connectivity index is 1.52. The first kappa shape index (κ1) is 27.0. The quantitative estimate of drug-likeness (QED) is 0.187. The van der Waals surface area contributed by atoms with E-state index in [2.05, 4.69) is 60.9 Å². The molecule has 2 amide bonds. The fourth-order valence-electron chi connectivity index (χ4n) is 4.65. The average molecular weight is 622 g/mol. The lowest BCUT2D eigenvalue weighted by atomic mass is 10.1. The lowest BCUT2D eigenvalue weighted by molar-refractivity contribution is -0.676. The minimum atomic E-state index is -0.367. The fourth-order valence-corrected chi connectivity index (χ4v) is 5.02. The van der Waals surface area contributed by atoms with Crippen LogP contribution in [0.15, 0.2) is 24.4 Å². The zero-order valence-electron chi connectivity index (χ0n) is 21.2. The molecule has 3 heterocycles. The highest BCUT2D eigenvalue weighted by Crippen LogP contribution is 2.22. The highest BCUT2D eigenvalue weighted by atomic mass is 127. The Kier molecular flexibility index (Phi) is 8.79. The predicted octanol–water partition coefficient (Wildman–Crippen LogP) is 1.53. The summed E-state index contributed by atoms with van der Waals surface area (Å²) < 4.78 is 10.8. The monoisotopic (exact) mass is 621 g/mol. The first-order chi connectivity index (χ1) is 17.9. The topological polar surface area (TPSA) is 145 Å². The molecule has 1 aliphatic heterocycles. The molecular formula is C25H34IN8O3+. The standard InChI is InChI=1S/C25H33IN8O3/c1-3-33-19-6-5-18(37-15-22(35)32-9-7-16(27)8-10-32)11-20(19)34(4-2)21(33)14-30-25(36)23-24(28)29-13-17(12-26)31-23/h5-6,11,13,16H,3-4,7-10,12,14-15,27H2,1-2H3,(H2-,28,29,30,36)/p+1. The first-order valence-corrected chi connectivity index (χ1v) is 14.0. The zero-order valence-corrected chi connectivity index (χ0v) is 23.4. The number of amides is 2. The van der Waals surface area contributed by atoms with Crippen molar-refractivity contribution in [1.29, 1.82) is 0 Å². The van der Waals surface area contributed by atoms with Crippen molar-refractivity contribution in [3.8, 4) is 5.75 Å². The normalized spacial score (nSPS) is 14.2. The molecule has 4 rings (SSSR count). The smallest absolute Gasteiger partial charge is 0.277 e. The van der Waals surface area contributed by atoms with Crippen LogP contribution in [0, 0.1) is 0 Å². The molecule has 12 heteroatoms. The van der Waals surface area contributed by atoms with Gasteiger partial charge in [0.05, 0.1) is 25.0 Å². The molecule has 198 valence electrons. The summed E-state index contributed by atoms with van der Waals surface area (Å²) in [5, 5.41) is 2.96. The van der Waals surface area contributed by atoms with Crippen LogP contribution in [0.2, 0.25) is 0 Å². The molecule has 2 aromatic heterocycles. The van der Waals surface area contributed by atoms with Crippen molar-refractivity contribution < 1.29 is 18.9 Å². The summed E-state index contributed by atoms with van der Waals surface area (Å²) in [7, 11) is 0. The lowest BCUT2D eigenvalue weighted by Gasteiger charge is -2.30. The molecule has 3 aromatic rings. The molecule has 37 heavy (non-hydrogen) atoms. The van der Waals surface area contributed by atoms with Crippen LogP contribution in [-0.4, -0.2) is 57.0 Å². The second-order valence-electron chi connectivity index (χ2n) is 8.97. The Morgan fingerprint density at radius 2 is 2.03 bits per heavy atom. The van der Waals surface area contributed by atoms with E-state index in [-0.39, 0.29) is 42.5 Å². The van der Waals surface area contributed by atoms with Crippen LogP contribution >= 0.6 is 22.6 Å². The number of ether oxygens (including phenoxy) is 1. The molecule has 5 N–H and O–H groups in total. The van der Waals surface area contributed by atoms with Crippen molar-refractivity contribution >= 4 is 51.3 Å². The molecule has 0 bridgehead atoms. The van der Waals surface area contributed by atoms with E-state index < -0.39 is 0 Å². The van der Waals surface area contributed by atoms with E-state index in [1.165, 1.54) is 0 Å². The number of benzene rings is 1. The SMILES string of the molecule is CCn1c(CNC(=O)c2nc(CI)cnc2N)[n+](CC)c2ccc(OCC(=O)N3CCC(N)CC3)cc21. The predicted molar refractivity (Wildman–Crippen MR) is 148 cm³/mol. The van der Waals surface area contributed by atoms with Gasteiger partial charge in [0.25, 0.3) is 17.6 Å². The number of halogens is 1. The number of fused-ring (bicyclic) bond motifs is 1. The number of likely N-dealkylation sites (tertiary alicyclic amines) is 1. The third-order valence-electron chi connectivity index (χ3n) is 6.65. The van der Waals surface area contributed by atoms with Gasteiger partial charge in [-0.05, 0) is 38.8 Å². The second kappa shape index (κ2) is 12.0. The number of imidazole rings is 1. The number of anilines is 1. The van der Waals surface area contributed by atoms with Crippen molar-refractivity contribution in [3.63, 3.8) is 0 Å². The van der Waals surface area contributed by atoms with Crippen molar-refractivity contribution in [2.75, 3.05) is 25.4 Å². The van der Waals surface area contributed by atoms with Gasteiger partial charge in [-0.2, -0.15) is 0 Å². The number of nitrogens with two attached hydrogens (primary N) is 2. The summed E-state index contributed by atoms with van der Waals surface area (Å²) in [6, 6.07) is 5.99. The molecule has 1 aliphatic rings. The molecular weight excluding hydrogens is 587 g/mol. The summed E-state index contributed by atoms with van der Waals surface area (Å²) in [6.07, 6.45) is 3.22. The van der Waals surface area contributed by atoms with Gasteiger partial charge in [0.15, 0.2) is 29.2 Å². The zero-order chi connectivity index (χ0) is 26.5. The van der Waals surface area contributed by atoms with E-state index >= 15 is 0 Å². The number of carbonyl (C=O) groups is 2. The summed E-state index contributed by atoms with van der Waals surface area (Å²) in [6.45, 7) is 7.15. The molecule has 1 fully saturated rings. The highest BCUT2D eigenvalue weighted by Gasteiger charge is 2.26. The molecule has 0 saturated carbocycles. The van der Waals surface area contributed by atoms with Gasteiger partial charge in [-0.3, -0.25) is 9.59 Å². The van der Waals surface area contributed by atoms with Gasteiger partial charge in [-0.15, -0.1) is 0 Å². The molecule has 0 radical (unpaired) electrons. The molecule has 0 spiro atoms. The maximum absolute atomic E-state index is 12.9. The minimum absolute atomic E-state index is 0.0109. The number of carbonyl (C=O) groups excluding carboxylic acids is 2. The van der Waals surface area contributed by atoms with E-state index in [1.807, 2.05) is 23.1 Å². The second-order valence-corrected chi connectivity index (χ2v) is 9.74.